The van der Waals surface area contributed by atoms with E-state index in [-0.39, 0.29) is 54.4 Å². The van der Waals surface area contributed by atoms with E-state index in [1.54, 1.807) is 32.1 Å². The highest BCUT2D eigenvalue weighted by atomic mass is 127. The lowest BCUT2D eigenvalue weighted by Crippen LogP contribution is -2.49. The van der Waals surface area contributed by atoms with Crippen molar-refractivity contribution in [1.82, 2.24) is 20.4 Å². The number of carbonyl (C=O) groups is 2. The summed E-state index contributed by atoms with van der Waals surface area (Å²) in [6.07, 6.45) is 1.69. The molecule has 0 fully saturated rings. The van der Waals surface area contributed by atoms with Gasteiger partial charge in [-0.15, -0.1) is 30.6 Å². The van der Waals surface area contributed by atoms with Crippen LogP contribution >= 0.6 is 24.0 Å². The number of hydrogen-bond donors (Lipinski definition) is 2. The van der Waals surface area contributed by atoms with Gasteiger partial charge in [-0.25, -0.2) is 4.99 Å². The van der Waals surface area contributed by atoms with Crippen LogP contribution in [-0.4, -0.2) is 73.9 Å². The first kappa shape index (κ1) is 23.9. The fraction of sp³-hybridized carbons (Fsp3) is 0.667. The molecule has 0 bridgehead atoms. The summed E-state index contributed by atoms with van der Waals surface area (Å²) in [5, 5.41) is 5.92. The number of carbonyl (C=O) groups excluding carboxylic acids is 2. The molecule has 0 aromatic carbocycles. The maximum atomic E-state index is 12.0. The van der Waals surface area contributed by atoms with Crippen LogP contribution in [0.2, 0.25) is 0 Å². The number of rotatable bonds is 6. The minimum Gasteiger partial charge on any atom is -0.353 e. The van der Waals surface area contributed by atoms with Crippen LogP contribution in [0, 0.1) is 0 Å². The highest BCUT2D eigenvalue weighted by Gasteiger charge is 2.17. The lowest BCUT2D eigenvalue weighted by atomic mass is 10.1. The van der Waals surface area contributed by atoms with E-state index in [1.165, 1.54) is 4.90 Å². The number of hydrogen-bond acceptors (Lipinski definition) is 3. The van der Waals surface area contributed by atoms with E-state index in [9.17, 15) is 9.59 Å². The van der Waals surface area contributed by atoms with E-state index < -0.39 is 0 Å². The number of nitrogens with zero attached hydrogens (tertiary/aromatic N) is 3. The second kappa shape index (κ2) is 11.3. The van der Waals surface area contributed by atoms with Crippen LogP contribution in [0.15, 0.2) is 17.6 Å². The molecule has 0 heterocycles. The summed E-state index contributed by atoms with van der Waals surface area (Å²) < 4.78 is 0. The van der Waals surface area contributed by atoms with Crippen LogP contribution < -0.4 is 10.6 Å². The van der Waals surface area contributed by atoms with Crippen molar-refractivity contribution in [3.63, 3.8) is 0 Å². The van der Waals surface area contributed by atoms with Crippen molar-refractivity contribution in [3.05, 3.63) is 12.7 Å². The first-order valence-corrected chi connectivity index (χ1v) is 7.18. The number of amides is 2. The van der Waals surface area contributed by atoms with Crippen molar-refractivity contribution in [2.24, 2.45) is 4.99 Å². The maximum Gasteiger partial charge on any atom is 0.243 e. The molecule has 0 aliphatic carbocycles. The zero-order valence-corrected chi connectivity index (χ0v) is 17.3. The van der Waals surface area contributed by atoms with Crippen molar-refractivity contribution in [2.75, 3.05) is 40.8 Å². The summed E-state index contributed by atoms with van der Waals surface area (Å²) in [5.41, 5.74) is -0.287. The van der Waals surface area contributed by atoms with Gasteiger partial charge in [0.05, 0.1) is 6.54 Å². The molecular weight excluding hydrogens is 409 g/mol. The van der Waals surface area contributed by atoms with Crippen molar-refractivity contribution in [3.8, 4) is 0 Å². The van der Waals surface area contributed by atoms with E-state index in [0.29, 0.717) is 12.5 Å². The standard InChI is InChI=1S/C15H29N5O2.HI/c1-8-9-16-14(17-10-13(22)19(5)6)20(7)11-12(21)18-15(2,3)4;/h8H,1,9-11H2,2-7H3,(H,16,17)(H,18,21);1H. The third-order valence-corrected chi connectivity index (χ3v) is 2.52. The van der Waals surface area contributed by atoms with Crippen molar-refractivity contribution in [1.29, 1.82) is 0 Å². The van der Waals surface area contributed by atoms with Crippen molar-refractivity contribution >= 4 is 41.8 Å². The number of aliphatic imine (C=N–C) groups is 1. The smallest absolute Gasteiger partial charge is 0.243 e. The Morgan fingerprint density at radius 3 is 2.22 bits per heavy atom. The van der Waals surface area contributed by atoms with Crippen molar-refractivity contribution in [2.45, 2.75) is 26.3 Å². The minimum atomic E-state index is -0.287. The third kappa shape index (κ3) is 11.8. The molecule has 0 spiro atoms. The van der Waals surface area contributed by atoms with Crippen LogP contribution in [0.1, 0.15) is 20.8 Å². The lowest BCUT2D eigenvalue weighted by Gasteiger charge is -2.25. The number of guanidine groups is 1. The van der Waals surface area contributed by atoms with Gasteiger partial charge < -0.3 is 20.4 Å². The lowest BCUT2D eigenvalue weighted by molar-refractivity contribution is -0.127. The molecular formula is C15H30IN5O2. The summed E-state index contributed by atoms with van der Waals surface area (Å²) in [6, 6.07) is 0. The summed E-state index contributed by atoms with van der Waals surface area (Å²) in [5.74, 6) is 0.270. The third-order valence-electron chi connectivity index (χ3n) is 2.52. The van der Waals surface area contributed by atoms with Gasteiger partial charge in [0.2, 0.25) is 11.8 Å². The average Bonchev–Trinajstić information content (AvgIpc) is 2.35. The zero-order valence-electron chi connectivity index (χ0n) is 15.0. The van der Waals surface area contributed by atoms with Gasteiger partial charge in [-0.2, -0.15) is 0 Å². The number of nitrogens with one attached hydrogen (secondary N) is 2. The van der Waals surface area contributed by atoms with Gasteiger partial charge in [-0.05, 0) is 20.8 Å². The summed E-state index contributed by atoms with van der Waals surface area (Å²) in [4.78, 5) is 31.0. The molecule has 0 radical (unpaired) electrons. The molecule has 134 valence electrons. The summed E-state index contributed by atoms with van der Waals surface area (Å²) in [7, 11) is 5.10. The largest absolute Gasteiger partial charge is 0.353 e. The average molecular weight is 439 g/mol. The first-order chi connectivity index (χ1) is 10.1. The van der Waals surface area contributed by atoms with Crippen molar-refractivity contribution < 1.29 is 9.59 Å². The molecule has 0 aliphatic heterocycles. The van der Waals surface area contributed by atoms with E-state index in [0.717, 1.165) is 0 Å². The summed E-state index contributed by atoms with van der Waals surface area (Å²) in [6.45, 7) is 10.1. The van der Waals surface area contributed by atoms with Gasteiger partial charge in [-0.3, -0.25) is 9.59 Å². The molecule has 0 saturated heterocycles. The SMILES string of the molecule is C=CCNC(=NCC(=O)N(C)C)N(C)CC(=O)NC(C)(C)C.I. The number of halogens is 1. The molecule has 0 aromatic heterocycles. The Hall–Kier alpha value is -1.32. The quantitative estimate of drug-likeness (QED) is 0.276. The Labute approximate surface area is 156 Å². The molecule has 23 heavy (non-hydrogen) atoms. The minimum absolute atomic E-state index is 0. The second-order valence-corrected chi connectivity index (χ2v) is 6.25. The Balaban J connectivity index is 0. The van der Waals surface area contributed by atoms with Gasteiger partial charge in [0.15, 0.2) is 5.96 Å². The van der Waals surface area contributed by atoms with E-state index in [2.05, 4.69) is 22.2 Å². The van der Waals surface area contributed by atoms with Crippen LogP contribution in [0.25, 0.3) is 0 Å². The molecule has 0 rings (SSSR count). The first-order valence-electron chi connectivity index (χ1n) is 7.18. The van der Waals surface area contributed by atoms with Crippen LogP contribution in [0.3, 0.4) is 0 Å². The van der Waals surface area contributed by atoms with Gasteiger partial charge >= 0.3 is 0 Å². The Bertz CT molecular complexity index is 430. The fourth-order valence-corrected chi connectivity index (χ4v) is 1.51. The second-order valence-electron chi connectivity index (χ2n) is 6.25. The van der Waals surface area contributed by atoms with E-state index in [1.807, 2.05) is 20.8 Å². The van der Waals surface area contributed by atoms with Gasteiger partial charge in [-0.1, -0.05) is 6.08 Å². The molecule has 0 atom stereocenters. The monoisotopic (exact) mass is 439 g/mol. The molecule has 7 nitrogen and oxygen atoms in total. The van der Waals surface area contributed by atoms with Gasteiger partial charge in [0.1, 0.15) is 6.54 Å². The molecule has 0 aromatic rings. The molecule has 0 saturated carbocycles. The molecule has 0 unspecified atom stereocenters. The molecule has 2 amide bonds. The zero-order chi connectivity index (χ0) is 17.3. The highest BCUT2D eigenvalue weighted by molar-refractivity contribution is 14.0. The van der Waals surface area contributed by atoms with E-state index >= 15 is 0 Å². The normalized spacial score (nSPS) is 11.1. The summed E-state index contributed by atoms with van der Waals surface area (Å²) >= 11 is 0. The van der Waals surface area contributed by atoms with Crippen LogP contribution in [-0.2, 0) is 9.59 Å². The predicted molar refractivity (Wildman–Crippen MR) is 105 cm³/mol. The van der Waals surface area contributed by atoms with Crippen LogP contribution in [0.5, 0.6) is 0 Å². The van der Waals surface area contributed by atoms with Gasteiger partial charge in [0.25, 0.3) is 0 Å². The Morgan fingerprint density at radius 2 is 1.78 bits per heavy atom. The fourth-order valence-electron chi connectivity index (χ4n) is 1.51. The maximum absolute atomic E-state index is 12.0. The highest BCUT2D eigenvalue weighted by Crippen LogP contribution is 1.98. The number of likely N-dealkylation sites (N-methyl/N-ethyl adjacent to an activating group) is 2. The predicted octanol–water partition coefficient (Wildman–Crippen LogP) is 0.671. The van der Waals surface area contributed by atoms with Crippen LogP contribution in [0.4, 0.5) is 0 Å². The Morgan fingerprint density at radius 1 is 1.22 bits per heavy atom. The molecule has 0 aliphatic rings. The topological polar surface area (TPSA) is 77.0 Å². The van der Waals surface area contributed by atoms with Gasteiger partial charge in [0, 0.05) is 33.2 Å². The molecule has 8 heteroatoms. The molecule has 2 N–H and O–H groups in total. The Kier molecular flexibility index (Phi) is 11.7. The van der Waals surface area contributed by atoms with E-state index in [4.69, 9.17) is 0 Å².